The Morgan fingerprint density at radius 1 is 0.500 bits per heavy atom. The van der Waals surface area contributed by atoms with Gasteiger partial charge in [-0.3, -0.25) is 7.32 Å². The van der Waals surface area contributed by atoms with E-state index in [-0.39, 0.29) is 4.61 Å². The minimum Gasteiger partial charge on any atom is -0.907 e. The number of quaternary nitrogens is 4. The molecule has 0 aromatic heterocycles. The number of carbonyl (C=O) groups is 2. The average Bonchev–Trinajstić information content (AvgIpc) is 3.04. The van der Waals surface area contributed by atoms with Crippen LogP contribution in [0.2, 0.25) is 0 Å². The second-order valence-corrected chi connectivity index (χ2v) is 12.0. The topological polar surface area (TPSA) is 136 Å². The van der Waals surface area contributed by atoms with Gasteiger partial charge in [-0.2, -0.15) is 0 Å². The Labute approximate surface area is 287 Å². The third-order valence-electron chi connectivity index (χ3n) is 9.51. The number of aliphatic carboxylic acids is 1. The molecule has 0 aliphatic heterocycles. The van der Waals surface area contributed by atoms with Gasteiger partial charge in [-0.15, -0.1) is 0 Å². The summed E-state index contributed by atoms with van der Waals surface area (Å²) in [4.78, 5) is 19.4. The molecule has 0 aromatic carbocycles. The largest absolute Gasteiger partial charge is 0.907 e. The van der Waals surface area contributed by atoms with Crippen molar-refractivity contribution < 1.29 is 52.4 Å². The van der Waals surface area contributed by atoms with E-state index < -0.39 is 19.3 Å². The van der Waals surface area contributed by atoms with Crippen molar-refractivity contribution in [3.8, 4) is 0 Å². The highest BCUT2D eigenvalue weighted by atomic mass is 127. The Hall–Kier alpha value is -0.545. The lowest BCUT2D eigenvalue weighted by molar-refractivity contribution is -0.904. The zero-order valence-electron chi connectivity index (χ0n) is 31.8. The van der Waals surface area contributed by atoms with Crippen LogP contribution in [0.15, 0.2) is 0 Å². The fraction of sp³-hybridized carbons (Fsp3) is 0.935. The van der Waals surface area contributed by atoms with Crippen LogP contribution in [-0.4, -0.2) is 149 Å². The van der Waals surface area contributed by atoms with E-state index in [1.807, 2.05) is 0 Å². The summed E-state index contributed by atoms with van der Waals surface area (Å²) >= 11 is 1.70. The molecule has 0 atom stereocenters. The first-order valence-corrected chi connectivity index (χ1v) is 17.9. The van der Waals surface area contributed by atoms with Crippen LogP contribution >= 0.6 is 22.6 Å². The Kier molecular flexibility index (Phi) is 42.9. The number of carboxylic acid groups (broad SMARTS) is 1. The number of nitrogens with zero attached hydrogens (tertiary/aromatic N) is 4. The van der Waals surface area contributed by atoms with Gasteiger partial charge in [0.2, 0.25) is 0 Å². The normalized spacial score (nSPS) is 10.8. The van der Waals surface area contributed by atoms with Crippen molar-refractivity contribution in [3.63, 3.8) is 0 Å². The molecule has 0 amide bonds. The lowest BCUT2D eigenvalue weighted by Gasteiger charge is -2.35. The molecule has 0 saturated heterocycles. The Morgan fingerprint density at radius 3 is 0.659 bits per heavy atom. The molecule has 0 fully saturated rings. The molecule has 0 saturated carbocycles. The summed E-state index contributed by atoms with van der Waals surface area (Å²) in [5.74, 6) is -3.12. The fourth-order valence-corrected chi connectivity index (χ4v) is 3.07. The Morgan fingerprint density at radius 2 is 0.636 bits per heavy atom. The quantitative estimate of drug-likeness (QED) is 0.0676. The summed E-state index contributed by atoms with van der Waals surface area (Å²) in [6.07, 6.45) is 0. The van der Waals surface area contributed by atoms with Crippen LogP contribution in [0, 0.1) is 0 Å². The minimum atomic E-state index is -2.92. The van der Waals surface area contributed by atoms with Gasteiger partial charge in [0.25, 0.3) is 0 Å². The summed E-state index contributed by atoms with van der Waals surface area (Å²) in [6.45, 7) is 42.0. The number of alkyl halides is 1. The molecule has 0 aromatic rings. The summed E-state index contributed by atoms with van der Waals surface area (Å²) in [5.41, 5.74) is 0. The number of ether oxygens (including phenoxy) is 1. The van der Waals surface area contributed by atoms with E-state index in [0.717, 1.165) is 0 Å². The minimum absolute atomic E-state index is 0.0323. The van der Waals surface area contributed by atoms with Crippen molar-refractivity contribution in [1.82, 2.24) is 0 Å². The number of carboxylic acids is 1. The first-order chi connectivity index (χ1) is 20.1. The second-order valence-electron chi connectivity index (χ2n) is 11.4. The van der Waals surface area contributed by atoms with Crippen molar-refractivity contribution in [1.29, 1.82) is 0 Å². The zero-order valence-corrected chi connectivity index (χ0v) is 34.0. The van der Waals surface area contributed by atoms with Gasteiger partial charge in [0.15, 0.2) is 5.97 Å². The maximum atomic E-state index is 9.85. The van der Waals surface area contributed by atoms with Crippen molar-refractivity contribution in [2.45, 2.75) is 83.1 Å². The third kappa shape index (κ3) is 37.6. The van der Waals surface area contributed by atoms with E-state index >= 15 is 0 Å². The molecule has 13 heteroatoms. The van der Waals surface area contributed by atoms with Crippen molar-refractivity contribution in [3.05, 3.63) is 0 Å². The zero-order chi connectivity index (χ0) is 36.6. The molecule has 0 spiro atoms. The number of hydrogen-bond donors (Lipinski definition) is 0. The molecule has 0 N–H and O–H groups in total. The van der Waals surface area contributed by atoms with E-state index in [1.165, 1.54) is 96.5 Å². The molecule has 0 heterocycles. The van der Waals surface area contributed by atoms with Gasteiger partial charge in [0.05, 0.1) is 107 Å². The van der Waals surface area contributed by atoms with E-state index in [9.17, 15) is 14.7 Å². The third-order valence-corrected chi connectivity index (χ3v) is 9.83. The first-order valence-electron chi connectivity index (χ1n) is 16.4. The van der Waals surface area contributed by atoms with Crippen LogP contribution in [0.1, 0.15) is 83.1 Å². The van der Waals surface area contributed by atoms with Crippen LogP contribution < -0.4 is 20.2 Å². The number of hydrogen-bond acceptors (Lipinski definition) is 7. The predicted molar refractivity (Wildman–Crippen MR) is 187 cm³/mol. The van der Waals surface area contributed by atoms with Crippen molar-refractivity contribution >= 4 is 41.9 Å². The Balaban J connectivity index is -0.0000000995. The monoisotopic (exact) mass is 752 g/mol. The summed E-state index contributed by atoms with van der Waals surface area (Å²) in [7, 11) is 6.25. The first kappa shape index (κ1) is 55.8. The van der Waals surface area contributed by atoms with E-state index in [1.54, 1.807) is 22.6 Å². The molecule has 11 nitrogen and oxygen atoms in total. The molecule has 0 aliphatic carbocycles. The van der Waals surface area contributed by atoms with Gasteiger partial charge < -0.3 is 47.6 Å². The molecular weight excluding hydrogens is 678 g/mol. The summed E-state index contributed by atoms with van der Waals surface area (Å²) in [6, 6.07) is 0. The highest BCUT2D eigenvalue weighted by Gasteiger charge is 2.12. The lowest BCUT2D eigenvalue weighted by atomic mass is 10.3. The van der Waals surface area contributed by atoms with Gasteiger partial charge in [0, 0.05) is 0 Å². The smallest absolute Gasteiger partial charge is 0.354 e. The van der Waals surface area contributed by atoms with Gasteiger partial charge >= 0.3 is 5.97 Å². The SMILES string of the molecule is CC[N+](C)(CC)CC.CC[N+](C)(CC)CC.CC[N+](C)(CC)CC.CC[N+](C)(CC)CC.O=C([O-])C(=O)OCI.[O-]B([O-])[O-]. The maximum absolute atomic E-state index is 9.85. The molecular formula is C31H74BIN4O7. The number of esters is 1. The molecule has 0 rings (SSSR count). The molecule has 0 bridgehead atoms. The van der Waals surface area contributed by atoms with Gasteiger partial charge in [-0.05, 0) is 106 Å². The lowest BCUT2D eigenvalue weighted by Crippen LogP contribution is -2.56. The number of rotatable bonds is 13. The average molecular weight is 753 g/mol. The highest BCUT2D eigenvalue weighted by molar-refractivity contribution is 14.1. The number of carbonyl (C=O) groups excluding carboxylic acids is 2. The van der Waals surface area contributed by atoms with Crippen LogP contribution in [-0.2, 0) is 14.3 Å². The van der Waals surface area contributed by atoms with Gasteiger partial charge in [0.1, 0.15) is 4.61 Å². The number of halogens is 1. The van der Waals surface area contributed by atoms with Crippen molar-refractivity contribution in [2.75, 3.05) is 111 Å². The second kappa shape index (κ2) is 33.8. The van der Waals surface area contributed by atoms with Crippen LogP contribution in [0.25, 0.3) is 0 Å². The summed E-state index contributed by atoms with van der Waals surface area (Å²) in [5, 5.41) is 34.8. The molecule has 0 radical (unpaired) electrons. The predicted octanol–water partition coefficient (Wildman–Crippen LogP) is 0.695. The van der Waals surface area contributed by atoms with Crippen LogP contribution in [0.4, 0.5) is 0 Å². The standard InChI is InChI=1S/4C7H18N.C3H3IO4.BO3/c4*1-5-8(4,6-2)7-3;4-1-8-3(7)2(5)6;2-1(3)4/h4*5-7H2,1-4H3;1H2,(H,5,6);/q4*+1;;-3/p-1. The highest BCUT2D eigenvalue weighted by Crippen LogP contribution is 1.99. The Bertz CT molecular complexity index is 524. The molecule has 0 unspecified atom stereocenters. The molecule has 270 valence electrons. The van der Waals surface area contributed by atoms with Gasteiger partial charge in [-0.1, -0.05) is 0 Å². The van der Waals surface area contributed by atoms with Crippen molar-refractivity contribution in [2.24, 2.45) is 0 Å². The van der Waals surface area contributed by atoms with E-state index in [4.69, 9.17) is 15.1 Å². The fourth-order valence-electron chi connectivity index (χ4n) is 2.79. The molecule has 0 aliphatic rings. The van der Waals surface area contributed by atoms with Crippen LogP contribution in [0.5, 0.6) is 0 Å². The summed E-state index contributed by atoms with van der Waals surface area (Å²) < 4.78 is 8.85. The maximum Gasteiger partial charge on any atom is 0.354 e. The van der Waals surface area contributed by atoms with Gasteiger partial charge in [-0.25, -0.2) is 4.79 Å². The van der Waals surface area contributed by atoms with E-state index in [2.05, 4.69) is 116 Å². The van der Waals surface area contributed by atoms with E-state index in [0.29, 0.717) is 0 Å². The van der Waals surface area contributed by atoms with Crippen LogP contribution in [0.3, 0.4) is 0 Å². The molecule has 44 heavy (non-hydrogen) atoms.